The van der Waals surface area contributed by atoms with Gasteiger partial charge in [0.2, 0.25) is 5.91 Å². The molecule has 5 heteroatoms. The summed E-state index contributed by atoms with van der Waals surface area (Å²) in [5.74, 6) is -0.973. The van der Waals surface area contributed by atoms with Crippen LogP contribution in [0.15, 0.2) is 18.2 Å². The maximum atomic E-state index is 11.8. The summed E-state index contributed by atoms with van der Waals surface area (Å²) in [7, 11) is 0. The highest BCUT2D eigenvalue weighted by Gasteiger charge is 2.27. The zero-order valence-electron chi connectivity index (χ0n) is 12.1. The Morgan fingerprint density at radius 1 is 1.40 bits per heavy atom. The Morgan fingerprint density at radius 2 is 2.10 bits per heavy atom. The van der Waals surface area contributed by atoms with Crippen LogP contribution in [0.4, 0.5) is 11.4 Å². The van der Waals surface area contributed by atoms with Crippen molar-refractivity contribution in [1.29, 1.82) is 0 Å². The average Bonchev–Trinajstić information content (AvgIpc) is 2.47. The van der Waals surface area contributed by atoms with E-state index in [2.05, 4.69) is 26.1 Å². The van der Waals surface area contributed by atoms with E-state index in [1.54, 1.807) is 4.90 Å². The van der Waals surface area contributed by atoms with Crippen LogP contribution in [0.5, 0.6) is 0 Å². The largest absolute Gasteiger partial charge is 0.480 e. The van der Waals surface area contributed by atoms with E-state index in [0.717, 1.165) is 11.3 Å². The van der Waals surface area contributed by atoms with Crippen molar-refractivity contribution in [2.45, 2.75) is 32.6 Å². The Bertz CT molecular complexity index is 547. The molecule has 0 aliphatic carbocycles. The van der Waals surface area contributed by atoms with Crippen molar-refractivity contribution in [3.63, 3.8) is 0 Å². The summed E-state index contributed by atoms with van der Waals surface area (Å²) in [5.41, 5.74) is 2.44. The number of rotatable bonds is 2. The zero-order valence-corrected chi connectivity index (χ0v) is 12.1. The Hall–Kier alpha value is -2.04. The lowest BCUT2D eigenvalue weighted by Crippen LogP contribution is -2.32. The monoisotopic (exact) mass is 276 g/mol. The maximum Gasteiger partial charge on any atom is 0.323 e. The molecule has 0 saturated carbocycles. The van der Waals surface area contributed by atoms with Gasteiger partial charge in [0.25, 0.3) is 0 Å². The minimum absolute atomic E-state index is 0.0785. The van der Waals surface area contributed by atoms with Crippen molar-refractivity contribution in [3.8, 4) is 0 Å². The number of hydrogen-bond donors (Lipinski definition) is 2. The molecular weight excluding hydrogens is 256 g/mol. The van der Waals surface area contributed by atoms with Crippen LogP contribution in [0.3, 0.4) is 0 Å². The molecule has 1 aromatic carbocycles. The molecule has 1 aliphatic heterocycles. The van der Waals surface area contributed by atoms with E-state index in [9.17, 15) is 9.59 Å². The number of carboxylic acids is 1. The summed E-state index contributed by atoms with van der Waals surface area (Å²) in [6.45, 7) is 6.55. The normalized spacial score (nSPS) is 15.3. The second kappa shape index (κ2) is 5.15. The number of para-hydroxylation sites is 1. The van der Waals surface area contributed by atoms with E-state index < -0.39 is 5.97 Å². The number of carboxylic acid groups (broad SMARTS) is 1. The highest BCUT2D eigenvalue weighted by atomic mass is 16.4. The molecule has 0 fully saturated rings. The van der Waals surface area contributed by atoms with Crippen LogP contribution in [0.1, 0.15) is 32.8 Å². The van der Waals surface area contributed by atoms with Gasteiger partial charge in [0, 0.05) is 13.0 Å². The van der Waals surface area contributed by atoms with Crippen LogP contribution in [0.25, 0.3) is 0 Å². The molecule has 0 atom stereocenters. The Balaban J connectivity index is 2.57. The molecule has 0 unspecified atom stereocenters. The van der Waals surface area contributed by atoms with Gasteiger partial charge in [-0.15, -0.1) is 0 Å². The van der Waals surface area contributed by atoms with E-state index in [0.29, 0.717) is 18.7 Å². The van der Waals surface area contributed by atoms with E-state index in [4.69, 9.17) is 5.11 Å². The summed E-state index contributed by atoms with van der Waals surface area (Å²) < 4.78 is 0. The van der Waals surface area contributed by atoms with Gasteiger partial charge in [-0.1, -0.05) is 32.9 Å². The lowest BCUT2D eigenvalue weighted by atomic mass is 9.85. The van der Waals surface area contributed by atoms with Crippen LogP contribution in [-0.2, 0) is 15.0 Å². The third-order valence-corrected chi connectivity index (χ3v) is 3.37. The number of carbonyl (C=O) groups is 2. The fourth-order valence-electron chi connectivity index (χ4n) is 2.47. The van der Waals surface area contributed by atoms with Crippen molar-refractivity contribution in [3.05, 3.63) is 23.8 Å². The average molecular weight is 276 g/mol. The van der Waals surface area contributed by atoms with E-state index in [1.807, 2.05) is 18.2 Å². The van der Waals surface area contributed by atoms with Gasteiger partial charge in [-0.25, -0.2) is 0 Å². The first kappa shape index (κ1) is 14.4. The number of fused-ring (bicyclic) bond motifs is 1. The topological polar surface area (TPSA) is 69.6 Å². The number of amides is 1. The van der Waals surface area contributed by atoms with Crippen LogP contribution in [0, 0.1) is 0 Å². The van der Waals surface area contributed by atoms with Gasteiger partial charge in [0.15, 0.2) is 0 Å². The summed E-state index contributed by atoms with van der Waals surface area (Å²) >= 11 is 0. The third-order valence-electron chi connectivity index (χ3n) is 3.37. The van der Waals surface area contributed by atoms with Gasteiger partial charge in [0.05, 0.1) is 11.4 Å². The summed E-state index contributed by atoms with van der Waals surface area (Å²) in [6, 6.07) is 5.71. The summed E-state index contributed by atoms with van der Waals surface area (Å²) in [6.07, 6.45) is 0.297. The van der Waals surface area contributed by atoms with E-state index in [1.165, 1.54) is 0 Å². The van der Waals surface area contributed by atoms with Crippen molar-refractivity contribution < 1.29 is 14.7 Å². The molecule has 0 aromatic heterocycles. The number of anilines is 2. The quantitative estimate of drug-likeness (QED) is 0.869. The first-order valence-corrected chi connectivity index (χ1v) is 6.69. The maximum absolute atomic E-state index is 11.8. The second-order valence-corrected chi connectivity index (χ2v) is 6.07. The molecule has 5 nitrogen and oxygen atoms in total. The highest BCUT2D eigenvalue weighted by Crippen LogP contribution is 2.38. The smallest absolute Gasteiger partial charge is 0.323 e. The highest BCUT2D eigenvalue weighted by molar-refractivity contribution is 5.97. The van der Waals surface area contributed by atoms with E-state index in [-0.39, 0.29) is 17.9 Å². The number of benzene rings is 1. The zero-order chi connectivity index (χ0) is 14.9. The minimum Gasteiger partial charge on any atom is -0.480 e. The van der Waals surface area contributed by atoms with Crippen molar-refractivity contribution in [1.82, 2.24) is 0 Å². The van der Waals surface area contributed by atoms with Crippen molar-refractivity contribution in [2.75, 3.05) is 23.3 Å². The molecule has 1 amide bonds. The van der Waals surface area contributed by atoms with Gasteiger partial charge in [-0.3, -0.25) is 9.59 Å². The SMILES string of the molecule is CC(C)(C)c1cccc2c1N(CC(=O)O)CCC(=O)N2. The predicted molar refractivity (Wildman–Crippen MR) is 78.2 cm³/mol. The molecule has 0 spiro atoms. The van der Waals surface area contributed by atoms with Crippen LogP contribution in [0.2, 0.25) is 0 Å². The van der Waals surface area contributed by atoms with Gasteiger partial charge >= 0.3 is 5.97 Å². The molecule has 1 aliphatic rings. The number of nitrogens with zero attached hydrogens (tertiary/aromatic N) is 1. The van der Waals surface area contributed by atoms with Gasteiger partial charge in [-0.2, -0.15) is 0 Å². The summed E-state index contributed by atoms with van der Waals surface area (Å²) in [5, 5.41) is 12.0. The number of aliphatic carboxylic acids is 1. The van der Waals surface area contributed by atoms with Crippen LogP contribution < -0.4 is 10.2 Å². The number of hydrogen-bond acceptors (Lipinski definition) is 3. The lowest BCUT2D eigenvalue weighted by molar-refractivity contribution is -0.135. The van der Waals surface area contributed by atoms with Crippen LogP contribution >= 0.6 is 0 Å². The second-order valence-electron chi connectivity index (χ2n) is 6.07. The Morgan fingerprint density at radius 3 is 2.70 bits per heavy atom. The molecule has 0 bridgehead atoms. The molecule has 1 aromatic rings. The lowest BCUT2D eigenvalue weighted by Gasteiger charge is -2.30. The first-order chi connectivity index (χ1) is 9.29. The Labute approximate surface area is 118 Å². The molecule has 2 N–H and O–H groups in total. The Kier molecular flexibility index (Phi) is 3.70. The first-order valence-electron chi connectivity index (χ1n) is 6.69. The third kappa shape index (κ3) is 2.92. The molecule has 1 heterocycles. The predicted octanol–water partition coefficient (Wildman–Crippen LogP) is 2.22. The fourth-order valence-corrected chi connectivity index (χ4v) is 2.47. The van der Waals surface area contributed by atoms with Crippen molar-refractivity contribution >= 4 is 23.3 Å². The molecular formula is C15H20N2O3. The van der Waals surface area contributed by atoms with E-state index >= 15 is 0 Å². The molecule has 108 valence electrons. The standard InChI is InChI=1S/C15H20N2O3/c1-15(2,3)10-5-4-6-11-14(10)17(9-13(19)20)8-7-12(18)16-11/h4-6H,7-9H2,1-3H3,(H,16,18)(H,19,20). The molecule has 0 saturated heterocycles. The summed E-state index contributed by atoms with van der Waals surface area (Å²) in [4.78, 5) is 24.6. The van der Waals surface area contributed by atoms with Crippen LogP contribution in [-0.4, -0.2) is 30.1 Å². The van der Waals surface area contributed by atoms with Gasteiger partial charge in [0.1, 0.15) is 6.54 Å². The molecule has 0 radical (unpaired) electrons. The molecule has 2 rings (SSSR count). The van der Waals surface area contributed by atoms with Gasteiger partial charge < -0.3 is 15.3 Å². The molecule has 20 heavy (non-hydrogen) atoms. The number of carbonyl (C=O) groups excluding carboxylic acids is 1. The van der Waals surface area contributed by atoms with Crippen molar-refractivity contribution in [2.24, 2.45) is 0 Å². The number of nitrogens with one attached hydrogen (secondary N) is 1. The fraction of sp³-hybridized carbons (Fsp3) is 0.467. The minimum atomic E-state index is -0.894. The van der Waals surface area contributed by atoms with Gasteiger partial charge in [-0.05, 0) is 17.0 Å².